The van der Waals surface area contributed by atoms with Crippen molar-refractivity contribution in [3.05, 3.63) is 63.1 Å². The van der Waals surface area contributed by atoms with Crippen molar-refractivity contribution in [2.45, 2.75) is 24.8 Å². The summed E-state index contributed by atoms with van der Waals surface area (Å²) >= 11 is 13.9. The van der Waals surface area contributed by atoms with Crippen molar-refractivity contribution in [3.63, 3.8) is 0 Å². The molecule has 7 heteroatoms. The number of halogens is 2. The standard InChI is InChI=1S/C16H14Cl2N4S/c1-10-6-7-15(11(2)8-10)22-16(19-20-21-22)23-9-12-13(17)4-3-5-14(12)18/h3-8H,9H2,1-2H3. The van der Waals surface area contributed by atoms with Crippen LogP contribution in [0.15, 0.2) is 41.6 Å². The molecular formula is C16H14Cl2N4S. The van der Waals surface area contributed by atoms with Gasteiger partial charge >= 0.3 is 0 Å². The zero-order valence-corrected chi connectivity index (χ0v) is 15.0. The summed E-state index contributed by atoms with van der Waals surface area (Å²) in [7, 11) is 0. The summed E-state index contributed by atoms with van der Waals surface area (Å²) in [5, 5.41) is 14.0. The van der Waals surface area contributed by atoms with Gasteiger partial charge in [-0.3, -0.25) is 0 Å². The van der Waals surface area contributed by atoms with Gasteiger partial charge in [0.1, 0.15) is 0 Å². The molecular weight excluding hydrogens is 351 g/mol. The van der Waals surface area contributed by atoms with Crippen molar-refractivity contribution >= 4 is 35.0 Å². The molecule has 0 saturated carbocycles. The molecule has 4 nitrogen and oxygen atoms in total. The summed E-state index contributed by atoms with van der Waals surface area (Å²) in [4.78, 5) is 0. The van der Waals surface area contributed by atoms with Crippen LogP contribution in [0.2, 0.25) is 10.0 Å². The first-order valence-corrected chi connectivity index (χ1v) is 8.72. The van der Waals surface area contributed by atoms with Crippen molar-refractivity contribution in [1.82, 2.24) is 20.2 Å². The molecule has 0 bridgehead atoms. The van der Waals surface area contributed by atoms with Crippen LogP contribution in [0.25, 0.3) is 5.69 Å². The van der Waals surface area contributed by atoms with Gasteiger partial charge in [-0.1, -0.05) is 58.7 Å². The highest BCUT2D eigenvalue weighted by molar-refractivity contribution is 7.98. The maximum absolute atomic E-state index is 6.21. The lowest BCUT2D eigenvalue weighted by atomic mass is 10.1. The number of benzene rings is 2. The molecule has 0 atom stereocenters. The number of tetrazole rings is 1. The van der Waals surface area contributed by atoms with E-state index in [1.165, 1.54) is 17.3 Å². The van der Waals surface area contributed by atoms with Crippen LogP contribution in [0, 0.1) is 13.8 Å². The zero-order chi connectivity index (χ0) is 16.4. The highest BCUT2D eigenvalue weighted by atomic mass is 35.5. The predicted molar refractivity (Wildman–Crippen MR) is 94.7 cm³/mol. The van der Waals surface area contributed by atoms with E-state index < -0.39 is 0 Å². The number of aryl methyl sites for hydroxylation is 2. The van der Waals surface area contributed by atoms with Crippen LogP contribution in [0.3, 0.4) is 0 Å². The minimum atomic E-state index is 0.601. The fraction of sp³-hybridized carbons (Fsp3) is 0.188. The molecule has 3 rings (SSSR count). The minimum absolute atomic E-state index is 0.601. The summed E-state index contributed by atoms with van der Waals surface area (Å²) in [6, 6.07) is 11.7. The van der Waals surface area contributed by atoms with Gasteiger partial charge in [-0.15, -0.1) is 5.10 Å². The number of aromatic nitrogens is 4. The van der Waals surface area contributed by atoms with E-state index in [2.05, 4.69) is 28.5 Å². The van der Waals surface area contributed by atoms with E-state index in [4.69, 9.17) is 23.2 Å². The summed E-state index contributed by atoms with van der Waals surface area (Å²) < 4.78 is 1.74. The molecule has 0 aliphatic rings. The van der Waals surface area contributed by atoms with Crippen molar-refractivity contribution in [3.8, 4) is 5.69 Å². The Morgan fingerprint density at radius 1 is 1.09 bits per heavy atom. The number of nitrogens with zero attached hydrogens (tertiary/aromatic N) is 4. The van der Waals surface area contributed by atoms with Gasteiger partial charge < -0.3 is 0 Å². The van der Waals surface area contributed by atoms with Gasteiger partial charge in [0.15, 0.2) is 0 Å². The first kappa shape index (κ1) is 16.3. The minimum Gasteiger partial charge on any atom is -0.187 e. The molecule has 0 N–H and O–H groups in total. The molecule has 1 aromatic heterocycles. The SMILES string of the molecule is Cc1ccc(-n2nnnc2SCc2c(Cl)cccc2Cl)c(C)c1. The highest BCUT2D eigenvalue weighted by Crippen LogP contribution is 2.31. The molecule has 3 aromatic rings. The van der Waals surface area contributed by atoms with E-state index in [9.17, 15) is 0 Å². The lowest BCUT2D eigenvalue weighted by molar-refractivity contribution is 0.751. The second-order valence-corrected chi connectivity index (χ2v) is 6.91. The second kappa shape index (κ2) is 6.91. The van der Waals surface area contributed by atoms with Crippen molar-refractivity contribution in [2.75, 3.05) is 0 Å². The van der Waals surface area contributed by atoms with Gasteiger partial charge in [0.05, 0.1) is 5.69 Å². The Kier molecular flexibility index (Phi) is 4.90. The van der Waals surface area contributed by atoms with Crippen molar-refractivity contribution in [1.29, 1.82) is 0 Å². The van der Waals surface area contributed by atoms with E-state index in [-0.39, 0.29) is 0 Å². The van der Waals surface area contributed by atoms with Gasteiger partial charge in [0.2, 0.25) is 5.16 Å². The topological polar surface area (TPSA) is 43.6 Å². The lowest BCUT2D eigenvalue weighted by Gasteiger charge is -2.09. The molecule has 0 aliphatic carbocycles. The Labute approximate surface area is 148 Å². The van der Waals surface area contributed by atoms with Gasteiger partial charge in [-0.05, 0) is 53.6 Å². The fourth-order valence-corrected chi connectivity index (χ4v) is 3.90. The molecule has 23 heavy (non-hydrogen) atoms. The molecule has 0 fully saturated rings. The van der Waals surface area contributed by atoms with Gasteiger partial charge in [-0.2, -0.15) is 4.68 Å². The monoisotopic (exact) mass is 364 g/mol. The van der Waals surface area contributed by atoms with E-state index in [0.717, 1.165) is 16.8 Å². The molecule has 2 aromatic carbocycles. The smallest absolute Gasteiger partial charge is 0.187 e. The van der Waals surface area contributed by atoms with Crippen molar-refractivity contribution in [2.24, 2.45) is 0 Å². The van der Waals surface area contributed by atoms with Crippen LogP contribution < -0.4 is 0 Å². The molecule has 0 unspecified atom stereocenters. The first-order valence-electron chi connectivity index (χ1n) is 6.98. The molecule has 1 heterocycles. The normalized spacial score (nSPS) is 11.0. The Morgan fingerprint density at radius 2 is 1.83 bits per heavy atom. The molecule has 0 radical (unpaired) electrons. The maximum atomic E-state index is 6.21. The van der Waals surface area contributed by atoms with E-state index in [0.29, 0.717) is 21.0 Å². The molecule has 0 aliphatic heterocycles. The summed E-state index contributed by atoms with van der Waals surface area (Å²) in [6.45, 7) is 4.11. The quantitative estimate of drug-likeness (QED) is 0.618. The average Bonchev–Trinajstić information content (AvgIpc) is 2.95. The maximum Gasteiger partial charge on any atom is 0.214 e. The molecule has 118 valence electrons. The number of rotatable bonds is 4. The largest absolute Gasteiger partial charge is 0.214 e. The Bertz CT molecular complexity index is 828. The Morgan fingerprint density at radius 3 is 2.52 bits per heavy atom. The van der Waals surface area contributed by atoms with Gasteiger partial charge in [-0.25, -0.2) is 0 Å². The number of hydrogen-bond donors (Lipinski definition) is 0. The Hall–Kier alpha value is -1.56. The fourth-order valence-electron chi connectivity index (χ4n) is 2.27. The third kappa shape index (κ3) is 3.52. The van der Waals surface area contributed by atoms with Crippen LogP contribution in [0.5, 0.6) is 0 Å². The van der Waals surface area contributed by atoms with Crippen LogP contribution in [0.4, 0.5) is 0 Å². The summed E-state index contributed by atoms with van der Waals surface area (Å²) in [5.74, 6) is 0.601. The Balaban J connectivity index is 1.87. The summed E-state index contributed by atoms with van der Waals surface area (Å²) in [6.07, 6.45) is 0. The van der Waals surface area contributed by atoms with Crippen LogP contribution in [-0.4, -0.2) is 20.2 Å². The highest BCUT2D eigenvalue weighted by Gasteiger charge is 2.13. The predicted octanol–water partition coefficient (Wildman–Crippen LogP) is 4.88. The number of hydrogen-bond acceptors (Lipinski definition) is 4. The molecule has 0 amide bonds. The van der Waals surface area contributed by atoms with Crippen LogP contribution in [-0.2, 0) is 5.75 Å². The van der Waals surface area contributed by atoms with Gasteiger partial charge in [0, 0.05) is 15.8 Å². The third-order valence-corrected chi connectivity index (χ3v) is 5.08. The molecule has 0 saturated heterocycles. The van der Waals surface area contributed by atoms with E-state index in [1.54, 1.807) is 4.68 Å². The first-order chi connectivity index (χ1) is 11.1. The average molecular weight is 365 g/mol. The van der Waals surface area contributed by atoms with E-state index >= 15 is 0 Å². The second-order valence-electron chi connectivity index (χ2n) is 5.15. The van der Waals surface area contributed by atoms with Crippen LogP contribution in [0.1, 0.15) is 16.7 Å². The van der Waals surface area contributed by atoms with Crippen molar-refractivity contribution < 1.29 is 0 Å². The number of thioether (sulfide) groups is 1. The molecule has 0 spiro atoms. The van der Waals surface area contributed by atoms with E-state index in [1.807, 2.05) is 37.3 Å². The van der Waals surface area contributed by atoms with Gasteiger partial charge in [0.25, 0.3) is 0 Å². The zero-order valence-electron chi connectivity index (χ0n) is 12.6. The third-order valence-electron chi connectivity index (χ3n) is 3.43. The summed E-state index contributed by atoms with van der Waals surface area (Å²) in [5.41, 5.74) is 4.18. The lowest BCUT2D eigenvalue weighted by Crippen LogP contribution is -2.02. The van der Waals surface area contributed by atoms with Crippen LogP contribution >= 0.6 is 35.0 Å².